The Balaban J connectivity index is 2.31. The second-order valence-corrected chi connectivity index (χ2v) is 6.93. The van der Waals surface area contributed by atoms with Crippen molar-refractivity contribution < 1.29 is 30.8 Å². The van der Waals surface area contributed by atoms with Crippen LogP contribution in [0.1, 0.15) is 0 Å². The third kappa shape index (κ3) is 4.47. The van der Waals surface area contributed by atoms with Crippen LogP contribution in [0.5, 0.6) is 0 Å². The quantitative estimate of drug-likeness (QED) is 0.645. The first kappa shape index (κ1) is 18.7. The number of nitrogens with zero attached hydrogens (tertiary/aromatic N) is 1. The number of rotatable bonds is 5. The molecule has 0 aliphatic heterocycles. The average molecular weight is 376 g/mol. The minimum absolute atomic E-state index is 0.0456. The summed E-state index contributed by atoms with van der Waals surface area (Å²) >= 11 is 0. The normalized spacial score (nSPS) is 11.2. The number of benzene rings is 2. The molecule has 1 amide bonds. The van der Waals surface area contributed by atoms with Crippen molar-refractivity contribution in [2.24, 2.45) is 0 Å². The largest absolute Gasteiger partial charge is 0.324 e. The molecule has 134 valence electrons. The summed E-state index contributed by atoms with van der Waals surface area (Å²) in [4.78, 5) is 12.0. The molecule has 0 unspecified atom stereocenters. The van der Waals surface area contributed by atoms with Crippen molar-refractivity contribution in [2.45, 2.75) is 0 Å². The fourth-order valence-corrected chi connectivity index (χ4v) is 2.84. The number of amides is 1. The Morgan fingerprint density at radius 3 is 2.36 bits per heavy atom. The van der Waals surface area contributed by atoms with Gasteiger partial charge in [-0.1, -0.05) is 6.07 Å². The highest BCUT2D eigenvalue weighted by Crippen LogP contribution is 2.25. The van der Waals surface area contributed by atoms with Crippen LogP contribution in [-0.4, -0.2) is 27.1 Å². The van der Waals surface area contributed by atoms with Gasteiger partial charge < -0.3 is 5.32 Å². The lowest BCUT2D eigenvalue weighted by molar-refractivity contribution is -0.114. The van der Waals surface area contributed by atoms with E-state index in [1.807, 2.05) is 0 Å². The molecule has 0 bridgehead atoms. The van der Waals surface area contributed by atoms with E-state index in [0.717, 1.165) is 12.1 Å². The molecule has 0 saturated carbocycles. The minimum Gasteiger partial charge on any atom is -0.324 e. The van der Waals surface area contributed by atoms with Gasteiger partial charge in [0.1, 0.15) is 12.4 Å². The first-order chi connectivity index (χ1) is 11.6. The van der Waals surface area contributed by atoms with Crippen molar-refractivity contribution in [3.05, 3.63) is 59.7 Å². The molecule has 0 saturated heterocycles. The first-order valence-electron chi connectivity index (χ1n) is 6.76. The maximum Gasteiger partial charge on any atom is 0.245 e. The zero-order chi connectivity index (χ0) is 18.8. The summed E-state index contributed by atoms with van der Waals surface area (Å²) in [6.07, 6.45) is 0.670. The van der Waals surface area contributed by atoms with Crippen LogP contribution < -0.4 is 9.62 Å². The fraction of sp³-hybridized carbons (Fsp3) is 0.133. The van der Waals surface area contributed by atoms with Crippen LogP contribution in [0.4, 0.5) is 28.9 Å². The first-order valence-corrected chi connectivity index (χ1v) is 8.61. The Hall–Kier alpha value is -2.62. The SMILES string of the molecule is CS(=O)(=O)N(CC(=O)Nc1cccc(F)c1)c1ccc(F)c(F)c1F. The van der Waals surface area contributed by atoms with Gasteiger partial charge in [-0.25, -0.2) is 26.0 Å². The number of nitrogens with one attached hydrogen (secondary N) is 1. The van der Waals surface area contributed by atoms with E-state index in [1.165, 1.54) is 12.1 Å². The standard InChI is InChI=1S/C15H12F4N2O3S/c1-25(23,24)21(12-6-5-11(17)14(18)15(12)19)8-13(22)20-10-4-2-3-9(16)7-10/h2-7H,8H2,1H3,(H,20,22). The average Bonchev–Trinajstić information content (AvgIpc) is 2.50. The molecule has 2 aromatic rings. The van der Waals surface area contributed by atoms with Crippen LogP contribution in [0.3, 0.4) is 0 Å². The van der Waals surface area contributed by atoms with E-state index in [2.05, 4.69) is 5.32 Å². The van der Waals surface area contributed by atoms with E-state index in [1.54, 1.807) is 0 Å². The molecular weight excluding hydrogens is 364 g/mol. The number of hydrogen-bond acceptors (Lipinski definition) is 3. The van der Waals surface area contributed by atoms with Gasteiger partial charge in [0.2, 0.25) is 15.9 Å². The van der Waals surface area contributed by atoms with Crippen LogP contribution in [0, 0.1) is 23.3 Å². The highest BCUT2D eigenvalue weighted by Gasteiger charge is 2.26. The van der Waals surface area contributed by atoms with Crippen LogP contribution >= 0.6 is 0 Å². The summed E-state index contributed by atoms with van der Waals surface area (Å²) in [5, 5.41) is 2.23. The van der Waals surface area contributed by atoms with Gasteiger partial charge in [-0.2, -0.15) is 0 Å². The molecule has 0 aliphatic rings. The molecule has 5 nitrogen and oxygen atoms in total. The van der Waals surface area contributed by atoms with Gasteiger partial charge in [-0.05, 0) is 30.3 Å². The topological polar surface area (TPSA) is 66.5 Å². The summed E-state index contributed by atoms with van der Waals surface area (Å²) in [6, 6.07) is 6.02. The van der Waals surface area contributed by atoms with Gasteiger partial charge in [0.25, 0.3) is 0 Å². The van der Waals surface area contributed by atoms with Crippen molar-refractivity contribution in [1.82, 2.24) is 0 Å². The molecule has 0 spiro atoms. The molecular formula is C15H12F4N2O3S. The predicted octanol–water partition coefficient (Wildman–Crippen LogP) is 2.65. The Labute approximate surface area is 140 Å². The Morgan fingerprint density at radius 2 is 1.76 bits per heavy atom. The number of anilines is 2. The van der Waals surface area contributed by atoms with E-state index < -0.39 is 51.4 Å². The monoisotopic (exact) mass is 376 g/mol. The summed E-state index contributed by atoms with van der Waals surface area (Å²) < 4.78 is 77.2. The molecule has 2 aromatic carbocycles. The van der Waals surface area contributed by atoms with Gasteiger partial charge in [0.05, 0.1) is 11.9 Å². The Morgan fingerprint density at radius 1 is 1.08 bits per heavy atom. The predicted molar refractivity (Wildman–Crippen MR) is 83.5 cm³/mol. The number of hydrogen-bond donors (Lipinski definition) is 1. The molecule has 1 N–H and O–H groups in total. The highest BCUT2D eigenvalue weighted by molar-refractivity contribution is 7.92. The van der Waals surface area contributed by atoms with Gasteiger partial charge in [0, 0.05) is 5.69 Å². The summed E-state index contributed by atoms with van der Waals surface area (Å²) in [5.74, 6) is -6.68. The highest BCUT2D eigenvalue weighted by atomic mass is 32.2. The van der Waals surface area contributed by atoms with Crippen molar-refractivity contribution >= 4 is 27.3 Å². The lowest BCUT2D eigenvalue weighted by atomic mass is 10.2. The molecule has 0 aromatic heterocycles. The number of sulfonamides is 1. The lowest BCUT2D eigenvalue weighted by Crippen LogP contribution is -2.38. The van der Waals surface area contributed by atoms with E-state index in [0.29, 0.717) is 18.4 Å². The fourth-order valence-electron chi connectivity index (χ4n) is 1.99. The van der Waals surface area contributed by atoms with Crippen molar-refractivity contribution in [3.63, 3.8) is 0 Å². The maximum absolute atomic E-state index is 13.9. The Kier molecular flexibility index (Phi) is 5.31. The molecule has 25 heavy (non-hydrogen) atoms. The van der Waals surface area contributed by atoms with Crippen molar-refractivity contribution in [2.75, 3.05) is 22.4 Å². The van der Waals surface area contributed by atoms with Gasteiger partial charge in [-0.15, -0.1) is 0 Å². The molecule has 10 heteroatoms. The van der Waals surface area contributed by atoms with Crippen LogP contribution in [-0.2, 0) is 14.8 Å². The summed E-state index contributed by atoms with van der Waals surface area (Å²) in [5.41, 5.74) is -0.778. The van der Waals surface area contributed by atoms with Gasteiger partial charge in [-0.3, -0.25) is 9.10 Å². The van der Waals surface area contributed by atoms with E-state index in [4.69, 9.17) is 0 Å². The van der Waals surface area contributed by atoms with E-state index in [9.17, 15) is 30.8 Å². The van der Waals surface area contributed by atoms with Crippen molar-refractivity contribution in [1.29, 1.82) is 0 Å². The van der Waals surface area contributed by atoms with Crippen LogP contribution in [0.2, 0.25) is 0 Å². The second kappa shape index (κ2) is 7.09. The van der Waals surface area contributed by atoms with Crippen LogP contribution in [0.15, 0.2) is 36.4 Å². The van der Waals surface area contributed by atoms with Gasteiger partial charge >= 0.3 is 0 Å². The molecule has 0 heterocycles. The smallest absolute Gasteiger partial charge is 0.245 e. The molecule has 0 radical (unpaired) electrons. The summed E-state index contributed by atoms with van der Waals surface area (Å²) in [6.45, 7) is -0.919. The van der Waals surface area contributed by atoms with Gasteiger partial charge in [0.15, 0.2) is 17.5 Å². The number of carbonyl (C=O) groups excluding carboxylic acids is 1. The second-order valence-electron chi connectivity index (χ2n) is 5.02. The van der Waals surface area contributed by atoms with Crippen LogP contribution in [0.25, 0.3) is 0 Å². The molecule has 0 fully saturated rings. The number of halogens is 4. The van der Waals surface area contributed by atoms with E-state index in [-0.39, 0.29) is 9.99 Å². The van der Waals surface area contributed by atoms with Crippen molar-refractivity contribution in [3.8, 4) is 0 Å². The Bertz CT molecular complexity index is 919. The lowest BCUT2D eigenvalue weighted by Gasteiger charge is -2.22. The minimum atomic E-state index is -4.20. The summed E-state index contributed by atoms with van der Waals surface area (Å²) in [7, 11) is -4.20. The molecule has 2 rings (SSSR count). The third-order valence-electron chi connectivity index (χ3n) is 3.08. The maximum atomic E-state index is 13.9. The van der Waals surface area contributed by atoms with E-state index >= 15 is 0 Å². The zero-order valence-electron chi connectivity index (χ0n) is 12.8. The zero-order valence-corrected chi connectivity index (χ0v) is 13.6. The number of carbonyl (C=O) groups is 1. The third-order valence-corrected chi connectivity index (χ3v) is 4.21. The molecule has 0 aliphatic carbocycles. The molecule has 0 atom stereocenters.